The number of nitrogens with zero attached hydrogens (tertiary/aromatic N) is 1. The zero-order valence-corrected chi connectivity index (χ0v) is 52.8. The molecule has 78 heavy (non-hydrogen) atoms. The van der Waals surface area contributed by atoms with E-state index < -0.39 is 32.5 Å². The zero-order valence-electron chi connectivity index (χ0n) is 51.9. The lowest BCUT2D eigenvalue weighted by Crippen LogP contribution is -2.37. The molecule has 0 aliphatic heterocycles. The third-order valence-electron chi connectivity index (χ3n) is 14.5. The minimum absolute atomic E-state index is 0.0327. The standard InChI is InChI=1S/C68H126NO8P/c1-6-8-10-12-14-16-18-20-22-23-24-25-26-27-28-29-30-31-32-33-34-35-36-37-38-39-40-41-42-43-44-45-47-49-51-53-55-57-59-61-68(71)77-66(65-76-78(72,73)75-63-62-69(3,4)5)64-74-67(70)60-58-56-54-52-50-48-46-21-19-17-15-13-11-9-7-2/h15,17-18,20-21,23-24,26-27,46,66H,6-14,16,19,22,25,28-45,47-65H2,1-5H3/b17-15-,20-18-,24-23-,27-26-,46-21-. The minimum Gasteiger partial charge on any atom is -0.756 e. The average molecular weight is 1120 g/mol. The molecule has 9 nitrogen and oxygen atoms in total. The van der Waals surface area contributed by atoms with Crippen molar-refractivity contribution in [3.63, 3.8) is 0 Å². The maximum atomic E-state index is 12.8. The molecule has 0 aliphatic rings. The summed E-state index contributed by atoms with van der Waals surface area (Å²) in [5, 5.41) is 0. The molecule has 0 bridgehead atoms. The highest BCUT2D eigenvalue weighted by Crippen LogP contribution is 2.38. The first kappa shape index (κ1) is 75.7. The lowest BCUT2D eigenvalue weighted by atomic mass is 10.0. The highest BCUT2D eigenvalue weighted by Gasteiger charge is 2.22. The Hall–Kier alpha value is -2.29. The number of likely N-dealkylation sites (N-methyl/N-ethyl adjacent to an activating group) is 1. The second kappa shape index (κ2) is 59.3. The van der Waals surface area contributed by atoms with Crippen molar-refractivity contribution >= 4 is 19.8 Å². The normalized spacial score (nSPS) is 13.6. The van der Waals surface area contributed by atoms with Crippen LogP contribution in [0.3, 0.4) is 0 Å². The number of ether oxygens (including phenoxy) is 2. The summed E-state index contributed by atoms with van der Waals surface area (Å²) in [5.74, 6) is -0.839. The maximum Gasteiger partial charge on any atom is 0.306 e. The Morgan fingerprint density at radius 2 is 0.692 bits per heavy atom. The fraction of sp³-hybridized carbons (Fsp3) is 0.824. The maximum absolute atomic E-state index is 12.8. The summed E-state index contributed by atoms with van der Waals surface area (Å²) in [6.07, 6.45) is 77.4. The van der Waals surface area contributed by atoms with E-state index in [2.05, 4.69) is 74.6 Å². The van der Waals surface area contributed by atoms with Crippen LogP contribution in [0.5, 0.6) is 0 Å². The van der Waals surface area contributed by atoms with Crippen molar-refractivity contribution in [3.05, 3.63) is 60.8 Å². The van der Waals surface area contributed by atoms with Crippen LogP contribution < -0.4 is 4.89 Å². The Morgan fingerprint density at radius 1 is 0.397 bits per heavy atom. The monoisotopic (exact) mass is 1120 g/mol. The third kappa shape index (κ3) is 62.9. The van der Waals surface area contributed by atoms with Crippen LogP contribution in [0.1, 0.15) is 309 Å². The summed E-state index contributed by atoms with van der Waals surface area (Å²) >= 11 is 0. The van der Waals surface area contributed by atoms with Gasteiger partial charge in [0.25, 0.3) is 7.82 Å². The first-order chi connectivity index (χ1) is 38.0. The molecule has 0 spiro atoms. The van der Waals surface area contributed by atoms with Crippen LogP contribution in [0.4, 0.5) is 0 Å². The summed E-state index contributed by atoms with van der Waals surface area (Å²) in [5.41, 5.74) is 0. The SMILES string of the molecule is CCCCC/C=C\C/C=C\CCCCCCCC(=O)OCC(COP(=O)([O-])OCC[N+](C)(C)C)OC(=O)CCCCCCCCCCCCCCCCCCCCCCCCCC/C=C\C/C=C\C/C=C\CCCCCCC. The van der Waals surface area contributed by atoms with Gasteiger partial charge in [0.2, 0.25) is 0 Å². The predicted octanol–water partition coefficient (Wildman–Crippen LogP) is 20.4. The number of phosphoric ester groups is 1. The molecular weight excluding hydrogens is 990 g/mol. The van der Waals surface area contributed by atoms with Gasteiger partial charge in [0, 0.05) is 12.8 Å². The number of esters is 2. The highest BCUT2D eigenvalue weighted by atomic mass is 31.2. The van der Waals surface area contributed by atoms with Gasteiger partial charge in [-0.15, -0.1) is 0 Å². The molecule has 0 radical (unpaired) electrons. The van der Waals surface area contributed by atoms with Crippen LogP contribution >= 0.6 is 7.82 Å². The Morgan fingerprint density at radius 3 is 1.05 bits per heavy atom. The number of rotatable bonds is 61. The summed E-state index contributed by atoms with van der Waals surface area (Å²) in [6.45, 7) is 4.21. The minimum atomic E-state index is -4.64. The Labute approximate surface area is 483 Å². The molecule has 0 saturated heterocycles. The van der Waals surface area contributed by atoms with Gasteiger partial charge in [0.1, 0.15) is 19.8 Å². The molecule has 0 N–H and O–H groups in total. The van der Waals surface area contributed by atoms with Crippen molar-refractivity contribution in [1.82, 2.24) is 0 Å². The average Bonchev–Trinajstić information content (AvgIpc) is 3.41. The van der Waals surface area contributed by atoms with Crippen molar-refractivity contribution in [2.45, 2.75) is 315 Å². The van der Waals surface area contributed by atoms with Gasteiger partial charge in [0.15, 0.2) is 6.10 Å². The lowest BCUT2D eigenvalue weighted by Gasteiger charge is -2.28. The molecule has 0 aromatic heterocycles. The molecule has 0 rings (SSSR count). The van der Waals surface area contributed by atoms with E-state index in [1.807, 2.05) is 21.1 Å². The fourth-order valence-electron chi connectivity index (χ4n) is 9.40. The number of unbranched alkanes of at least 4 members (excludes halogenated alkanes) is 37. The number of carbonyl (C=O) groups excluding carboxylic acids is 2. The Balaban J connectivity index is 3.91. The molecule has 2 atom stereocenters. The van der Waals surface area contributed by atoms with E-state index in [0.29, 0.717) is 23.9 Å². The molecule has 0 amide bonds. The van der Waals surface area contributed by atoms with Gasteiger partial charge in [-0.2, -0.15) is 0 Å². The molecule has 0 fully saturated rings. The molecule has 0 aromatic carbocycles. The second-order valence-electron chi connectivity index (χ2n) is 23.5. The van der Waals surface area contributed by atoms with Gasteiger partial charge in [-0.1, -0.05) is 274 Å². The molecule has 10 heteroatoms. The first-order valence-electron chi connectivity index (χ1n) is 33.0. The number of quaternary nitrogens is 1. The predicted molar refractivity (Wildman–Crippen MR) is 333 cm³/mol. The topological polar surface area (TPSA) is 111 Å². The molecule has 0 heterocycles. The highest BCUT2D eigenvalue weighted by molar-refractivity contribution is 7.45. The molecule has 456 valence electrons. The summed E-state index contributed by atoms with van der Waals surface area (Å²) in [6, 6.07) is 0. The molecular formula is C68H126NO8P. The molecule has 2 unspecified atom stereocenters. The number of hydrogen-bond donors (Lipinski definition) is 0. The van der Waals surface area contributed by atoms with Gasteiger partial charge in [-0.05, 0) is 83.5 Å². The van der Waals surface area contributed by atoms with E-state index in [1.165, 1.54) is 199 Å². The van der Waals surface area contributed by atoms with Crippen molar-refractivity contribution in [1.29, 1.82) is 0 Å². The number of phosphoric acid groups is 1. The molecule has 0 aliphatic carbocycles. The van der Waals surface area contributed by atoms with Crippen molar-refractivity contribution in [2.24, 2.45) is 0 Å². The smallest absolute Gasteiger partial charge is 0.306 e. The first-order valence-corrected chi connectivity index (χ1v) is 34.5. The van der Waals surface area contributed by atoms with Gasteiger partial charge in [0.05, 0.1) is 27.7 Å². The van der Waals surface area contributed by atoms with Crippen LogP contribution in [0.25, 0.3) is 0 Å². The summed E-state index contributed by atoms with van der Waals surface area (Å²) in [4.78, 5) is 37.9. The van der Waals surface area contributed by atoms with E-state index in [0.717, 1.165) is 70.6 Å². The fourth-order valence-corrected chi connectivity index (χ4v) is 10.1. The second-order valence-corrected chi connectivity index (χ2v) is 24.9. The van der Waals surface area contributed by atoms with Crippen molar-refractivity contribution in [2.75, 3.05) is 47.5 Å². The van der Waals surface area contributed by atoms with E-state index in [-0.39, 0.29) is 26.1 Å². The Kier molecular flexibility index (Phi) is 57.6. The lowest BCUT2D eigenvalue weighted by molar-refractivity contribution is -0.870. The van der Waals surface area contributed by atoms with Crippen LogP contribution in [0.15, 0.2) is 60.8 Å². The summed E-state index contributed by atoms with van der Waals surface area (Å²) < 4.78 is 34.2. The van der Waals surface area contributed by atoms with Crippen LogP contribution in [-0.4, -0.2) is 70.0 Å². The Bertz CT molecular complexity index is 1500. The number of hydrogen-bond acceptors (Lipinski definition) is 8. The van der Waals surface area contributed by atoms with E-state index in [4.69, 9.17) is 18.5 Å². The van der Waals surface area contributed by atoms with E-state index in [9.17, 15) is 19.0 Å². The van der Waals surface area contributed by atoms with Crippen LogP contribution in [0.2, 0.25) is 0 Å². The van der Waals surface area contributed by atoms with Gasteiger partial charge < -0.3 is 27.9 Å². The van der Waals surface area contributed by atoms with Crippen LogP contribution in [0, 0.1) is 0 Å². The molecule has 0 saturated carbocycles. The summed E-state index contributed by atoms with van der Waals surface area (Å²) in [7, 11) is 1.17. The van der Waals surface area contributed by atoms with Gasteiger partial charge >= 0.3 is 11.9 Å². The third-order valence-corrected chi connectivity index (χ3v) is 15.5. The van der Waals surface area contributed by atoms with Crippen molar-refractivity contribution in [3.8, 4) is 0 Å². The quantitative estimate of drug-likeness (QED) is 0.0195. The van der Waals surface area contributed by atoms with Gasteiger partial charge in [-0.25, -0.2) is 0 Å². The van der Waals surface area contributed by atoms with E-state index >= 15 is 0 Å². The number of carbonyl (C=O) groups is 2. The van der Waals surface area contributed by atoms with Crippen molar-refractivity contribution < 1.29 is 42.1 Å². The molecule has 0 aromatic rings. The number of allylic oxidation sites excluding steroid dienone is 10. The van der Waals surface area contributed by atoms with E-state index in [1.54, 1.807) is 0 Å². The van der Waals surface area contributed by atoms with Gasteiger partial charge in [-0.3, -0.25) is 14.2 Å². The van der Waals surface area contributed by atoms with Crippen LogP contribution in [-0.2, 0) is 32.7 Å². The zero-order chi connectivity index (χ0) is 57.0. The largest absolute Gasteiger partial charge is 0.756 e.